The Morgan fingerprint density at radius 3 is 2.55 bits per heavy atom. The van der Waals surface area contributed by atoms with Crippen LogP contribution in [0.4, 0.5) is 0 Å². The van der Waals surface area contributed by atoms with Crippen LogP contribution < -0.4 is 10.1 Å². The normalized spacial score (nSPS) is 16.9. The van der Waals surface area contributed by atoms with Crippen LogP contribution in [0.15, 0.2) is 18.2 Å². The summed E-state index contributed by atoms with van der Waals surface area (Å²) in [5.41, 5.74) is -0.813. The van der Waals surface area contributed by atoms with E-state index in [1.807, 2.05) is 0 Å². The van der Waals surface area contributed by atoms with E-state index in [1.165, 1.54) is 0 Å². The molecule has 1 amide bonds. The third-order valence-corrected chi connectivity index (χ3v) is 3.67. The van der Waals surface area contributed by atoms with Crippen LogP contribution in [0.25, 0.3) is 0 Å². The van der Waals surface area contributed by atoms with E-state index in [4.69, 9.17) is 33.2 Å². The lowest BCUT2D eigenvalue weighted by atomic mass is 9.98. The van der Waals surface area contributed by atoms with Gasteiger partial charge in [0.15, 0.2) is 6.61 Å². The molecule has 0 aromatic heterocycles. The summed E-state index contributed by atoms with van der Waals surface area (Å²) in [6, 6.07) is 6.89. The van der Waals surface area contributed by atoms with Gasteiger partial charge in [0.05, 0.1) is 6.07 Å². The highest BCUT2D eigenvalue weighted by Crippen LogP contribution is 2.39. The fourth-order valence-corrected chi connectivity index (χ4v) is 2.47. The van der Waals surface area contributed by atoms with E-state index < -0.39 is 5.54 Å². The maximum atomic E-state index is 11.8. The second kappa shape index (κ2) is 5.90. The zero-order valence-corrected chi connectivity index (χ0v) is 12.5. The van der Waals surface area contributed by atoms with E-state index in [0.717, 1.165) is 12.8 Å². The largest absolute Gasteiger partial charge is 0.484 e. The Morgan fingerprint density at radius 2 is 2.05 bits per heavy atom. The summed E-state index contributed by atoms with van der Waals surface area (Å²) in [7, 11) is 0. The first-order valence-electron chi connectivity index (χ1n) is 6.24. The van der Waals surface area contributed by atoms with Gasteiger partial charge in [-0.05, 0) is 43.9 Å². The average Bonchev–Trinajstić information content (AvgIpc) is 3.19. The molecule has 0 saturated heterocycles. The number of hydrogen-bond donors (Lipinski definition) is 1. The van der Waals surface area contributed by atoms with Gasteiger partial charge in [0.2, 0.25) is 0 Å². The van der Waals surface area contributed by atoms with Gasteiger partial charge < -0.3 is 10.1 Å². The van der Waals surface area contributed by atoms with Gasteiger partial charge >= 0.3 is 0 Å². The molecule has 1 aliphatic carbocycles. The van der Waals surface area contributed by atoms with Crippen molar-refractivity contribution in [3.05, 3.63) is 28.2 Å². The fraction of sp³-hybridized carbons (Fsp3) is 0.429. The first-order valence-corrected chi connectivity index (χ1v) is 7.00. The highest BCUT2D eigenvalue weighted by atomic mass is 35.5. The lowest BCUT2D eigenvalue weighted by molar-refractivity contribution is -0.124. The quantitative estimate of drug-likeness (QED) is 0.908. The summed E-state index contributed by atoms with van der Waals surface area (Å²) in [6.07, 6.45) is 1.93. The van der Waals surface area contributed by atoms with Crippen molar-refractivity contribution >= 4 is 29.1 Å². The van der Waals surface area contributed by atoms with E-state index in [2.05, 4.69) is 11.4 Å². The molecule has 2 rings (SSSR count). The van der Waals surface area contributed by atoms with Gasteiger partial charge in [0, 0.05) is 10.0 Å². The molecule has 0 radical (unpaired) electrons. The minimum atomic E-state index is -0.813. The number of halogens is 2. The summed E-state index contributed by atoms with van der Waals surface area (Å²) < 4.78 is 5.33. The first-order chi connectivity index (χ1) is 9.43. The number of nitrogens with zero attached hydrogens (tertiary/aromatic N) is 1. The Balaban J connectivity index is 1.90. The lowest BCUT2D eigenvalue weighted by Crippen LogP contribution is -2.48. The third kappa shape index (κ3) is 3.78. The topological polar surface area (TPSA) is 62.1 Å². The predicted molar refractivity (Wildman–Crippen MR) is 76.8 cm³/mol. The Kier molecular flexibility index (Phi) is 4.42. The maximum Gasteiger partial charge on any atom is 0.259 e. The van der Waals surface area contributed by atoms with Crippen molar-refractivity contribution < 1.29 is 9.53 Å². The molecule has 1 aromatic carbocycles. The molecule has 106 valence electrons. The smallest absolute Gasteiger partial charge is 0.259 e. The van der Waals surface area contributed by atoms with E-state index in [9.17, 15) is 4.79 Å². The van der Waals surface area contributed by atoms with Crippen LogP contribution in [0.3, 0.4) is 0 Å². The zero-order valence-electron chi connectivity index (χ0n) is 11.0. The van der Waals surface area contributed by atoms with E-state index in [1.54, 1.807) is 25.1 Å². The average molecular weight is 313 g/mol. The van der Waals surface area contributed by atoms with Crippen LogP contribution in [0.2, 0.25) is 10.0 Å². The first kappa shape index (κ1) is 15.0. The van der Waals surface area contributed by atoms with Gasteiger partial charge in [0.25, 0.3) is 5.91 Å². The molecule has 0 heterocycles. The fourth-order valence-electron chi connectivity index (χ4n) is 1.97. The predicted octanol–water partition coefficient (Wildman–Crippen LogP) is 3.18. The summed E-state index contributed by atoms with van der Waals surface area (Å²) in [5.74, 6) is 0.317. The van der Waals surface area contributed by atoms with Gasteiger partial charge in [-0.25, -0.2) is 0 Å². The van der Waals surface area contributed by atoms with Crippen molar-refractivity contribution in [1.82, 2.24) is 5.32 Å². The lowest BCUT2D eigenvalue weighted by Gasteiger charge is -2.22. The minimum Gasteiger partial charge on any atom is -0.484 e. The van der Waals surface area contributed by atoms with Crippen molar-refractivity contribution in [2.24, 2.45) is 5.92 Å². The van der Waals surface area contributed by atoms with Crippen LogP contribution >= 0.6 is 23.2 Å². The summed E-state index contributed by atoms with van der Waals surface area (Å²) in [5, 5.41) is 12.8. The Hall–Kier alpha value is -1.44. The number of hydrogen-bond acceptors (Lipinski definition) is 3. The minimum absolute atomic E-state index is 0.180. The van der Waals surface area contributed by atoms with Crippen molar-refractivity contribution in [3.8, 4) is 11.8 Å². The van der Waals surface area contributed by atoms with Crippen molar-refractivity contribution in [2.75, 3.05) is 6.61 Å². The zero-order chi connectivity index (χ0) is 14.8. The number of rotatable bonds is 5. The Labute approximate surface area is 127 Å². The number of benzene rings is 1. The molecule has 1 fully saturated rings. The SMILES string of the molecule is CC(C#N)(NC(=O)COc1cc(Cl)cc(Cl)c1)C1CC1. The Morgan fingerprint density at radius 1 is 1.45 bits per heavy atom. The molecular formula is C14H14Cl2N2O2. The van der Waals surface area contributed by atoms with Crippen molar-refractivity contribution in [3.63, 3.8) is 0 Å². The number of amides is 1. The monoisotopic (exact) mass is 312 g/mol. The maximum absolute atomic E-state index is 11.8. The van der Waals surface area contributed by atoms with Gasteiger partial charge in [-0.3, -0.25) is 4.79 Å². The standard InChI is InChI=1S/C14H14Cl2N2O2/c1-14(8-17,9-2-3-9)18-13(19)7-20-12-5-10(15)4-11(16)6-12/h4-6,9H,2-3,7H2,1H3,(H,18,19). The van der Waals surface area contributed by atoms with Crippen LogP contribution in [-0.4, -0.2) is 18.1 Å². The molecule has 20 heavy (non-hydrogen) atoms. The second-order valence-electron chi connectivity index (χ2n) is 5.03. The number of carbonyl (C=O) groups excluding carboxylic acids is 1. The van der Waals surface area contributed by atoms with Gasteiger partial charge in [-0.1, -0.05) is 23.2 Å². The third-order valence-electron chi connectivity index (χ3n) is 3.23. The van der Waals surface area contributed by atoms with Crippen LogP contribution in [0, 0.1) is 17.2 Å². The molecular weight excluding hydrogens is 299 g/mol. The second-order valence-corrected chi connectivity index (χ2v) is 5.90. The molecule has 0 spiro atoms. The molecule has 6 heteroatoms. The molecule has 1 N–H and O–H groups in total. The van der Waals surface area contributed by atoms with E-state index in [-0.39, 0.29) is 18.4 Å². The van der Waals surface area contributed by atoms with Crippen molar-refractivity contribution in [2.45, 2.75) is 25.3 Å². The highest BCUT2D eigenvalue weighted by Gasteiger charge is 2.43. The van der Waals surface area contributed by atoms with Gasteiger partial charge in [0.1, 0.15) is 11.3 Å². The molecule has 1 aliphatic rings. The molecule has 0 bridgehead atoms. The Bertz CT molecular complexity index is 547. The number of nitrogens with one attached hydrogen (secondary N) is 1. The van der Waals surface area contributed by atoms with Gasteiger partial charge in [-0.15, -0.1) is 0 Å². The summed E-state index contributed by atoms with van der Waals surface area (Å²) in [6.45, 7) is 1.56. The van der Waals surface area contributed by atoms with E-state index in [0.29, 0.717) is 15.8 Å². The number of nitriles is 1. The summed E-state index contributed by atoms with van der Waals surface area (Å²) >= 11 is 11.7. The summed E-state index contributed by atoms with van der Waals surface area (Å²) in [4.78, 5) is 11.8. The molecule has 1 saturated carbocycles. The molecule has 0 aliphatic heterocycles. The van der Waals surface area contributed by atoms with Crippen LogP contribution in [0.1, 0.15) is 19.8 Å². The number of ether oxygens (including phenoxy) is 1. The molecule has 4 nitrogen and oxygen atoms in total. The van der Waals surface area contributed by atoms with E-state index >= 15 is 0 Å². The van der Waals surface area contributed by atoms with Crippen LogP contribution in [-0.2, 0) is 4.79 Å². The van der Waals surface area contributed by atoms with Crippen molar-refractivity contribution in [1.29, 1.82) is 5.26 Å². The molecule has 1 unspecified atom stereocenters. The molecule has 1 atom stereocenters. The highest BCUT2D eigenvalue weighted by molar-refractivity contribution is 6.34. The molecule has 1 aromatic rings. The van der Waals surface area contributed by atoms with Crippen LogP contribution in [0.5, 0.6) is 5.75 Å². The van der Waals surface area contributed by atoms with Gasteiger partial charge in [-0.2, -0.15) is 5.26 Å². The number of carbonyl (C=O) groups is 1.